The number of rotatable bonds is 7. The van der Waals surface area contributed by atoms with Gasteiger partial charge in [0.05, 0.1) is 13.2 Å². The number of hydrogen-bond donors (Lipinski definition) is 0. The van der Waals surface area contributed by atoms with Crippen LogP contribution in [0.4, 0.5) is 5.69 Å². The van der Waals surface area contributed by atoms with Crippen LogP contribution in [0.5, 0.6) is 0 Å². The van der Waals surface area contributed by atoms with Crippen LogP contribution in [-0.2, 0) is 17.7 Å². The Labute approximate surface area is 152 Å². The van der Waals surface area contributed by atoms with Crippen molar-refractivity contribution in [2.45, 2.75) is 32.4 Å². The first-order valence-corrected chi connectivity index (χ1v) is 9.39. The van der Waals surface area contributed by atoms with E-state index in [9.17, 15) is 0 Å². The predicted octanol–water partition coefficient (Wildman–Crippen LogP) is 3.98. The van der Waals surface area contributed by atoms with E-state index in [1.807, 2.05) is 0 Å². The molecule has 1 atom stereocenters. The van der Waals surface area contributed by atoms with Gasteiger partial charge in [-0.05, 0) is 44.0 Å². The standard InChI is InChI=1S/C22H30N2O/c1-19(12-13-20-8-4-3-5-9-20)23(2)18-21-10-6-7-11-22(21)24-14-16-25-17-15-24/h3-11,19H,12-18H2,1-2H3. The first-order valence-electron chi connectivity index (χ1n) is 9.39. The number of para-hydroxylation sites is 1. The fourth-order valence-corrected chi connectivity index (χ4v) is 3.42. The first-order chi connectivity index (χ1) is 12.2. The van der Waals surface area contributed by atoms with E-state index in [2.05, 4.69) is 78.4 Å². The average molecular weight is 338 g/mol. The summed E-state index contributed by atoms with van der Waals surface area (Å²) >= 11 is 0. The topological polar surface area (TPSA) is 15.7 Å². The van der Waals surface area contributed by atoms with Crippen LogP contribution in [0.25, 0.3) is 0 Å². The highest BCUT2D eigenvalue weighted by molar-refractivity contribution is 5.53. The van der Waals surface area contributed by atoms with Crippen molar-refractivity contribution in [3.05, 3.63) is 65.7 Å². The maximum atomic E-state index is 5.50. The summed E-state index contributed by atoms with van der Waals surface area (Å²) in [4.78, 5) is 4.93. The molecule has 1 aliphatic rings. The van der Waals surface area contributed by atoms with Crippen LogP contribution in [-0.4, -0.2) is 44.3 Å². The van der Waals surface area contributed by atoms with E-state index in [0.29, 0.717) is 6.04 Å². The number of morpholine rings is 1. The summed E-state index contributed by atoms with van der Waals surface area (Å²) in [6.07, 6.45) is 2.32. The van der Waals surface area contributed by atoms with E-state index in [1.165, 1.54) is 23.2 Å². The number of benzene rings is 2. The molecule has 25 heavy (non-hydrogen) atoms. The monoisotopic (exact) mass is 338 g/mol. The van der Waals surface area contributed by atoms with Crippen molar-refractivity contribution in [3.8, 4) is 0 Å². The molecule has 0 amide bonds. The molecule has 1 saturated heterocycles. The van der Waals surface area contributed by atoms with E-state index >= 15 is 0 Å². The molecular formula is C22H30N2O. The minimum atomic E-state index is 0.554. The highest BCUT2D eigenvalue weighted by Crippen LogP contribution is 2.23. The number of ether oxygens (including phenoxy) is 1. The second-order valence-corrected chi connectivity index (χ2v) is 7.02. The van der Waals surface area contributed by atoms with E-state index in [4.69, 9.17) is 4.74 Å². The summed E-state index contributed by atoms with van der Waals surface area (Å²) in [5.41, 5.74) is 4.21. The van der Waals surface area contributed by atoms with E-state index in [-0.39, 0.29) is 0 Å². The molecule has 2 aromatic carbocycles. The SMILES string of the molecule is CC(CCc1ccccc1)N(C)Cc1ccccc1N1CCOCC1. The molecule has 0 bridgehead atoms. The summed E-state index contributed by atoms with van der Waals surface area (Å²) in [6.45, 7) is 6.97. The van der Waals surface area contributed by atoms with Gasteiger partial charge in [0.2, 0.25) is 0 Å². The Morgan fingerprint density at radius 2 is 1.68 bits per heavy atom. The van der Waals surface area contributed by atoms with Gasteiger partial charge in [-0.25, -0.2) is 0 Å². The van der Waals surface area contributed by atoms with E-state index in [0.717, 1.165) is 39.3 Å². The summed E-state index contributed by atoms with van der Waals surface area (Å²) in [5, 5.41) is 0. The molecule has 0 spiro atoms. The van der Waals surface area contributed by atoms with Crippen molar-refractivity contribution < 1.29 is 4.74 Å². The van der Waals surface area contributed by atoms with Crippen LogP contribution in [0.2, 0.25) is 0 Å². The zero-order valence-electron chi connectivity index (χ0n) is 15.5. The number of hydrogen-bond acceptors (Lipinski definition) is 3. The lowest BCUT2D eigenvalue weighted by Crippen LogP contribution is -2.37. The highest BCUT2D eigenvalue weighted by atomic mass is 16.5. The Morgan fingerprint density at radius 1 is 1.00 bits per heavy atom. The third kappa shape index (κ3) is 5.07. The van der Waals surface area contributed by atoms with E-state index < -0.39 is 0 Å². The lowest BCUT2D eigenvalue weighted by atomic mass is 10.0. The Bertz CT molecular complexity index is 637. The molecule has 0 aromatic heterocycles. The van der Waals surface area contributed by atoms with Gasteiger partial charge in [-0.1, -0.05) is 48.5 Å². The Morgan fingerprint density at radius 3 is 2.44 bits per heavy atom. The van der Waals surface area contributed by atoms with Crippen LogP contribution in [0.1, 0.15) is 24.5 Å². The fourth-order valence-electron chi connectivity index (χ4n) is 3.42. The third-order valence-electron chi connectivity index (χ3n) is 5.21. The first kappa shape index (κ1) is 18.0. The highest BCUT2D eigenvalue weighted by Gasteiger charge is 2.17. The molecule has 3 rings (SSSR count). The van der Waals surface area contributed by atoms with E-state index in [1.54, 1.807) is 0 Å². The van der Waals surface area contributed by atoms with Crippen molar-refractivity contribution in [3.63, 3.8) is 0 Å². The van der Waals surface area contributed by atoms with Gasteiger partial charge in [0.1, 0.15) is 0 Å². The molecule has 1 fully saturated rings. The normalized spacial score (nSPS) is 16.2. The van der Waals surface area contributed by atoms with Crippen LogP contribution >= 0.6 is 0 Å². The summed E-state index contributed by atoms with van der Waals surface area (Å²) in [6, 6.07) is 20.2. The maximum Gasteiger partial charge on any atom is 0.0642 e. The zero-order valence-corrected chi connectivity index (χ0v) is 15.5. The number of aryl methyl sites for hydroxylation is 1. The van der Waals surface area contributed by atoms with Crippen LogP contribution in [0, 0.1) is 0 Å². The van der Waals surface area contributed by atoms with Crippen LogP contribution < -0.4 is 4.90 Å². The smallest absolute Gasteiger partial charge is 0.0642 e. The Balaban J connectivity index is 1.59. The summed E-state index contributed by atoms with van der Waals surface area (Å²) in [5.74, 6) is 0. The zero-order chi connectivity index (χ0) is 17.5. The maximum absolute atomic E-state index is 5.50. The molecular weight excluding hydrogens is 308 g/mol. The molecule has 0 N–H and O–H groups in total. The molecule has 0 radical (unpaired) electrons. The van der Waals surface area contributed by atoms with Crippen molar-refractivity contribution in [2.75, 3.05) is 38.3 Å². The fraction of sp³-hybridized carbons (Fsp3) is 0.455. The molecule has 0 saturated carbocycles. The molecule has 1 heterocycles. The largest absolute Gasteiger partial charge is 0.378 e. The molecule has 1 aliphatic heterocycles. The molecule has 134 valence electrons. The summed E-state index contributed by atoms with van der Waals surface area (Å²) < 4.78 is 5.50. The van der Waals surface area contributed by atoms with Crippen molar-refractivity contribution in [1.82, 2.24) is 4.90 Å². The van der Waals surface area contributed by atoms with Gasteiger partial charge in [-0.15, -0.1) is 0 Å². The second kappa shape index (κ2) is 9.02. The van der Waals surface area contributed by atoms with Crippen LogP contribution in [0.3, 0.4) is 0 Å². The number of anilines is 1. The van der Waals surface area contributed by atoms with Gasteiger partial charge in [0, 0.05) is 31.4 Å². The molecule has 0 aliphatic carbocycles. The van der Waals surface area contributed by atoms with Gasteiger partial charge in [-0.2, -0.15) is 0 Å². The van der Waals surface area contributed by atoms with Gasteiger partial charge >= 0.3 is 0 Å². The Hall–Kier alpha value is -1.84. The van der Waals surface area contributed by atoms with Gasteiger partial charge in [-0.3, -0.25) is 4.90 Å². The minimum Gasteiger partial charge on any atom is -0.378 e. The third-order valence-corrected chi connectivity index (χ3v) is 5.21. The average Bonchev–Trinajstić information content (AvgIpc) is 2.68. The lowest BCUT2D eigenvalue weighted by Gasteiger charge is -2.32. The predicted molar refractivity (Wildman–Crippen MR) is 105 cm³/mol. The second-order valence-electron chi connectivity index (χ2n) is 7.02. The van der Waals surface area contributed by atoms with Crippen molar-refractivity contribution in [2.24, 2.45) is 0 Å². The van der Waals surface area contributed by atoms with Gasteiger partial charge in [0.25, 0.3) is 0 Å². The number of nitrogens with zero attached hydrogens (tertiary/aromatic N) is 2. The van der Waals surface area contributed by atoms with Crippen molar-refractivity contribution >= 4 is 5.69 Å². The lowest BCUT2D eigenvalue weighted by molar-refractivity contribution is 0.122. The van der Waals surface area contributed by atoms with Gasteiger partial charge in [0.15, 0.2) is 0 Å². The molecule has 1 unspecified atom stereocenters. The molecule has 3 nitrogen and oxygen atoms in total. The Kier molecular flexibility index (Phi) is 6.48. The molecule has 3 heteroatoms. The quantitative estimate of drug-likeness (QED) is 0.759. The van der Waals surface area contributed by atoms with Crippen LogP contribution in [0.15, 0.2) is 54.6 Å². The summed E-state index contributed by atoms with van der Waals surface area (Å²) in [7, 11) is 2.24. The minimum absolute atomic E-state index is 0.554. The molecule has 2 aromatic rings. The van der Waals surface area contributed by atoms with Crippen molar-refractivity contribution in [1.29, 1.82) is 0 Å². The van der Waals surface area contributed by atoms with Gasteiger partial charge < -0.3 is 9.64 Å².